The molecule has 0 aliphatic heterocycles. The van der Waals surface area contributed by atoms with Crippen LogP contribution in [0.4, 0.5) is 11.6 Å². The Labute approximate surface area is 112 Å². The summed E-state index contributed by atoms with van der Waals surface area (Å²) in [4.78, 5) is 13.0. The lowest BCUT2D eigenvalue weighted by molar-refractivity contribution is 1.11. The predicted octanol–water partition coefficient (Wildman–Crippen LogP) is 2.92. The molecule has 2 N–H and O–H groups in total. The van der Waals surface area contributed by atoms with Crippen molar-refractivity contribution in [2.24, 2.45) is 0 Å². The Morgan fingerprint density at radius 3 is 2.79 bits per heavy atom. The van der Waals surface area contributed by atoms with Gasteiger partial charge in [-0.15, -0.1) is 0 Å². The molecule has 0 spiro atoms. The van der Waals surface area contributed by atoms with E-state index in [2.05, 4.69) is 25.6 Å². The molecule has 5 heteroatoms. The minimum Gasteiger partial charge on any atom is -0.370 e. The van der Waals surface area contributed by atoms with Crippen molar-refractivity contribution >= 4 is 11.6 Å². The zero-order valence-electron chi connectivity index (χ0n) is 11.1. The largest absolute Gasteiger partial charge is 0.370 e. The fraction of sp³-hybridized carbons (Fsp3) is 0.214. The Kier molecular flexibility index (Phi) is 4.44. The summed E-state index contributed by atoms with van der Waals surface area (Å²) in [5.41, 5.74) is 0.932. The predicted molar refractivity (Wildman–Crippen MR) is 77.9 cm³/mol. The standard InChI is InChI=1S/C14H17N5/c1-3-7-16-13-10-11(5-8-17-13)14-18-9-6-12(19-14)15-4-2/h3,5-10H,4H2,1-2H3,(H,16,17)(H,15,18,19)/b7-3-. The molecule has 0 fully saturated rings. The minimum absolute atomic E-state index is 0.685. The Morgan fingerprint density at radius 1 is 1.16 bits per heavy atom. The van der Waals surface area contributed by atoms with Crippen molar-refractivity contribution in [3.05, 3.63) is 42.9 Å². The van der Waals surface area contributed by atoms with E-state index < -0.39 is 0 Å². The van der Waals surface area contributed by atoms with Gasteiger partial charge in [0.25, 0.3) is 0 Å². The van der Waals surface area contributed by atoms with E-state index in [-0.39, 0.29) is 0 Å². The molecule has 0 bridgehead atoms. The lowest BCUT2D eigenvalue weighted by Gasteiger charge is -2.06. The van der Waals surface area contributed by atoms with E-state index in [1.165, 1.54) is 0 Å². The van der Waals surface area contributed by atoms with Gasteiger partial charge in [0.2, 0.25) is 0 Å². The highest BCUT2D eigenvalue weighted by Gasteiger charge is 2.03. The SMILES string of the molecule is C/C=C\Nc1cc(-c2nccc(NCC)n2)ccn1. The smallest absolute Gasteiger partial charge is 0.161 e. The molecular weight excluding hydrogens is 238 g/mol. The van der Waals surface area contributed by atoms with Crippen LogP contribution < -0.4 is 10.6 Å². The number of allylic oxidation sites excluding steroid dienone is 1. The van der Waals surface area contributed by atoms with Crippen molar-refractivity contribution in [1.82, 2.24) is 15.0 Å². The van der Waals surface area contributed by atoms with Gasteiger partial charge in [-0.05, 0) is 38.2 Å². The number of anilines is 2. The summed E-state index contributed by atoms with van der Waals surface area (Å²) >= 11 is 0. The molecule has 2 aromatic heterocycles. The van der Waals surface area contributed by atoms with E-state index in [1.54, 1.807) is 12.4 Å². The number of hydrogen-bond acceptors (Lipinski definition) is 5. The van der Waals surface area contributed by atoms with Crippen molar-refractivity contribution in [3.8, 4) is 11.4 Å². The quantitative estimate of drug-likeness (QED) is 0.860. The van der Waals surface area contributed by atoms with Gasteiger partial charge in [-0.25, -0.2) is 15.0 Å². The highest BCUT2D eigenvalue weighted by atomic mass is 15.0. The summed E-state index contributed by atoms with van der Waals surface area (Å²) < 4.78 is 0. The van der Waals surface area contributed by atoms with Gasteiger partial charge in [-0.1, -0.05) is 6.08 Å². The lowest BCUT2D eigenvalue weighted by atomic mass is 10.2. The van der Waals surface area contributed by atoms with Crippen molar-refractivity contribution in [2.75, 3.05) is 17.2 Å². The number of rotatable bonds is 5. The van der Waals surface area contributed by atoms with Crippen LogP contribution in [-0.4, -0.2) is 21.5 Å². The van der Waals surface area contributed by atoms with Crippen LogP contribution >= 0.6 is 0 Å². The summed E-state index contributed by atoms with van der Waals surface area (Å²) in [6.45, 7) is 4.81. The van der Waals surface area contributed by atoms with E-state index in [1.807, 2.05) is 44.3 Å². The third kappa shape index (κ3) is 3.51. The van der Waals surface area contributed by atoms with Gasteiger partial charge >= 0.3 is 0 Å². The molecule has 0 unspecified atom stereocenters. The molecular formula is C14H17N5. The molecule has 0 aromatic carbocycles. The van der Waals surface area contributed by atoms with Crippen LogP contribution in [0.15, 0.2) is 42.9 Å². The maximum atomic E-state index is 4.46. The third-order valence-electron chi connectivity index (χ3n) is 2.43. The number of nitrogens with zero attached hydrogens (tertiary/aromatic N) is 3. The Hall–Kier alpha value is -2.43. The average Bonchev–Trinajstić information content (AvgIpc) is 2.46. The fourth-order valence-corrected chi connectivity index (χ4v) is 1.59. The van der Waals surface area contributed by atoms with Crippen molar-refractivity contribution in [3.63, 3.8) is 0 Å². The van der Waals surface area contributed by atoms with E-state index in [0.29, 0.717) is 5.82 Å². The van der Waals surface area contributed by atoms with E-state index in [4.69, 9.17) is 0 Å². The molecule has 0 aliphatic rings. The van der Waals surface area contributed by atoms with Gasteiger partial charge in [0.1, 0.15) is 11.6 Å². The topological polar surface area (TPSA) is 62.7 Å². The minimum atomic E-state index is 0.685. The van der Waals surface area contributed by atoms with Crippen LogP contribution in [0.25, 0.3) is 11.4 Å². The lowest BCUT2D eigenvalue weighted by Crippen LogP contribution is -2.01. The molecule has 2 heterocycles. The molecule has 0 aliphatic carbocycles. The van der Waals surface area contributed by atoms with Crippen LogP contribution in [0, 0.1) is 0 Å². The van der Waals surface area contributed by atoms with Crippen molar-refractivity contribution in [1.29, 1.82) is 0 Å². The summed E-state index contributed by atoms with van der Waals surface area (Å²) in [6.07, 6.45) is 7.24. The third-order valence-corrected chi connectivity index (χ3v) is 2.43. The first-order chi connectivity index (χ1) is 9.33. The maximum absolute atomic E-state index is 4.46. The highest BCUT2D eigenvalue weighted by molar-refractivity contribution is 5.61. The fourth-order valence-electron chi connectivity index (χ4n) is 1.59. The zero-order chi connectivity index (χ0) is 13.5. The van der Waals surface area contributed by atoms with Crippen LogP contribution in [-0.2, 0) is 0 Å². The first kappa shape index (κ1) is 13.0. The molecule has 0 radical (unpaired) electrons. The molecule has 0 saturated heterocycles. The number of hydrogen-bond donors (Lipinski definition) is 2. The highest BCUT2D eigenvalue weighted by Crippen LogP contribution is 2.18. The molecule has 0 saturated carbocycles. The number of pyridine rings is 1. The first-order valence-electron chi connectivity index (χ1n) is 6.24. The monoisotopic (exact) mass is 255 g/mol. The molecule has 0 atom stereocenters. The van der Waals surface area contributed by atoms with E-state index in [9.17, 15) is 0 Å². The summed E-state index contributed by atoms with van der Waals surface area (Å²) in [6, 6.07) is 5.67. The van der Waals surface area contributed by atoms with Gasteiger partial charge in [0.15, 0.2) is 5.82 Å². The van der Waals surface area contributed by atoms with E-state index in [0.717, 1.165) is 23.7 Å². The second-order valence-corrected chi connectivity index (χ2v) is 3.87. The average molecular weight is 255 g/mol. The zero-order valence-corrected chi connectivity index (χ0v) is 11.1. The Balaban J connectivity index is 2.27. The van der Waals surface area contributed by atoms with Gasteiger partial charge in [0, 0.05) is 24.5 Å². The van der Waals surface area contributed by atoms with E-state index >= 15 is 0 Å². The molecule has 2 rings (SSSR count). The summed E-state index contributed by atoms with van der Waals surface area (Å²) in [7, 11) is 0. The molecule has 5 nitrogen and oxygen atoms in total. The number of aromatic nitrogens is 3. The second kappa shape index (κ2) is 6.49. The molecule has 2 aromatic rings. The van der Waals surface area contributed by atoms with Crippen LogP contribution in [0.1, 0.15) is 13.8 Å². The van der Waals surface area contributed by atoms with Crippen LogP contribution in [0.5, 0.6) is 0 Å². The molecule has 98 valence electrons. The van der Waals surface area contributed by atoms with Gasteiger partial charge in [0.05, 0.1) is 0 Å². The van der Waals surface area contributed by atoms with Crippen molar-refractivity contribution < 1.29 is 0 Å². The van der Waals surface area contributed by atoms with Gasteiger partial charge < -0.3 is 10.6 Å². The maximum Gasteiger partial charge on any atom is 0.161 e. The van der Waals surface area contributed by atoms with Gasteiger partial charge in [-0.2, -0.15) is 0 Å². The normalized spacial score (nSPS) is 10.6. The second-order valence-electron chi connectivity index (χ2n) is 3.87. The van der Waals surface area contributed by atoms with Gasteiger partial charge in [-0.3, -0.25) is 0 Å². The molecule has 19 heavy (non-hydrogen) atoms. The van der Waals surface area contributed by atoms with Crippen LogP contribution in [0.3, 0.4) is 0 Å². The molecule has 0 amide bonds. The number of nitrogens with one attached hydrogen (secondary N) is 2. The first-order valence-corrected chi connectivity index (χ1v) is 6.24. The van der Waals surface area contributed by atoms with Crippen LogP contribution in [0.2, 0.25) is 0 Å². The summed E-state index contributed by atoms with van der Waals surface area (Å²) in [5.74, 6) is 2.28. The Bertz CT molecular complexity index is 565. The Morgan fingerprint density at radius 2 is 2.00 bits per heavy atom. The summed E-state index contributed by atoms with van der Waals surface area (Å²) in [5, 5.41) is 6.25. The van der Waals surface area contributed by atoms with Crippen molar-refractivity contribution in [2.45, 2.75) is 13.8 Å².